The van der Waals surface area contributed by atoms with Crippen molar-refractivity contribution in [2.24, 2.45) is 0 Å². The van der Waals surface area contributed by atoms with Crippen molar-refractivity contribution in [3.8, 4) is 5.75 Å². The first-order valence-electron chi connectivity index (χ1n) is 10.1. The molecule has 2 aromatic carbocycles. The van der Waals surface area contributed by atoms with Gasteiger partial charge in [0.2, 0.25) is 5.78 Å². The summed E-state index contributed by atoms with van der Waals surface area (Å²) >= 11 is 0. The number of hydrogen-bond acceptors (Lipinski definition) is 4. The Morgan fingerprint density at radius 1 is 1.00 bits per heavy atom. The van der Waals surface area contributed by atoms with Crippen molar-refractivity contribution in [1.82, 2.24) is 0 Å². The summed E-state index contributed by atoms with van der Waals surface area (Å²) in [6, 6.07) is 11.1. The Morgan fingerprint density at radius 3 is 2.38 bits per heavy atom. The summed E-state index contributed by atoms with van der Waals surface area (Å²) in [5.41, 5.74) is 4.39. The molecule has 3 rings (SSSR count). The van der Waals surface area contributed by atoms with Gasteiger partial charge in [-0.1, -0.05) is 52.0 Å². The Labute approximate surface area is 173 Å². The van der Waals surface area contributed by atoms with E-state index in [1.54, 1.807) is 18.2 Å². The fourth-order valence-corrected chi connectivity index (χ4v) is 4.18. The van der Waals surface area contributed by atoms with Gasteiger partial charge in [-0.15, -0.1) is 0 Å². The van der Waals surface area contributed by atoms with Crippen LogP contribution in [0.5, 0.6) is 5.75 Å². The predicted molar refractivity (Wildman–Crippen MR) is 114 cm³/mol. The average Bonchev–Trinajstić information content (AvgIpc) is 2.69. The smallest absolute Gasteiger partial charge is 0.337 e. The van der Waals surface area contributed by atoms with Crippen LogP contribution in [0.2, 0.25) is 0 Å². The molecule has 0 spiro atoms. The van der Waals surface area contributed by atoms with Gasteiger partial charge >= 0.3 is 5.97 Å². The number of ketones is 1. The molecule has 0 saturated carbocycles. The van der Waals surface area contributed by atoms with E-state index in [0.717, 1.165) is 29.5 Å². The van der Waals surface area contributed by atoms with Gasteiger partial charge in [0.25, 0.3) is 0 Å². The van der Waals surface area contributed by atoms with Crippen LogP contribution in [-0.4, -0.2) is 25.5 Å². The lowest BCUT2D eigenvalue weighted by Crippen LogP contribution is -2.36. The number of rotatable bonds is 5. The Morgan fingerprint density at radius 2 is 1.69 bits per heavy atom. The molecule has 29 heavy (non-hydrogen) atoms. The van der Waals surface area contributed by atoms with Crippen molar-refractivity contribution in [3.05, 3.63) is 64.2 Å². The van der Waals surface area contributed by atoms with Crippen LogP contribution in [0.25, 0.3) is 0 Å². The van der Waals surface area contributed by atoms with Gasteiger partial charge in [-0.25, -0.2) is 4.79 Å². The van der Waals surface area contributed by atoms with E-state index < -0.39 is 5.97 Å². The van der Waals surface area contributed by atoms with E-state index in [0.29, 0.717) is 11.3 Å². The Balaban J connectivity index is 1.89. The van der Waals surface area contributed by atoms with Crippen molar-refractivity contribution in [2.75, 3.05) is 13.7 Å². The molecule has 2 aromatic rings. The van der Waals surface area contributed by atoms with Crippen molar-refractivity contribution >= 4 is 11.8 Å². The van der Waals surface area contributed by atoms with Gasteiger partial charge in [-0.3, -0.25) is 4.79 Å². The minimum atomic E-state index is -0.428. The SMILES string of the molecule is COC(=O)c1ccc(C)c(OCC(=O)c2cccc3c2C(C)(C)CCC3(C)C)c1. The Hall–Kier alpha value is -2.62. The number of ether oxygens (including phenoxy) is 2. The van der Waals surface area contributed by atoms with Gasteiger partial charge in [-0.2, -0.15) is 0 Å². The molecular weight excluding hydrogens is 364 g/mol. The van der Waals surface area contributed by atoms with Gasteiger partial charge in [0.15, 0.2) is 6.61 Å². The largest absolute Gasteiger partial charge is 0.485 e. The number of carbonyl (C=O) groups is 2. The van der Waals surface area contributed by atoms with E-state index in [2.05, 4.69) is 33.8 Å². The summed E-state index contributed by atoms with van der Waals surface area (Å²) in [6.07, 6.45) is 2.14. The second-order valence-corrected chi connectivity index (χ2v) is 9.18. The maximum atomic E-state index is 13.2. The number of hydrogen-bond donors (Lipinski definition) is 0. The second-order valence-electron chi connectivity index (χ2n) is 9.18. The molecule has 0 bridgehead atoms. The molecule has 0 amide bonds. The van der Waals surface area contributed by atoms with E-state index >= 15 is 0 Å². The van der Waals surface area contributed by atoms with Gasteiger partial charge in [0.05, 0.1) is 12.7 Å². The van der Waals surface area contributed by atoms with Crippen LogP contribution in [0.15, 0.2) is 36.4 Å². The number of carbonyl (C=O) groups excluding carboxylic acids is 2. The zero-order chi connectivity index (χ0) is 21.4. The van der Waals surface area contributed by atoms with Crippen LogP contribution < -0.4 is 4.74 Å². The summed E-state index contributed by atoms with van der Waals surface area (Å²) in [6.45, 7) is 10.7. The van der Waals surface area contributed by atoms with Crippen LogP contribution in [-0.2, 0) is 15.6 Å². The van der Waals surface area contributed by atoms with E-state index in [9.17, 15) is 9.59 Å². The molecule has 1 aliphatic carbocycles. The maximum absolute atomic E-state index is 13.2. The quantitative estimate of drug-likeness (QED) is 0.504. The molecule has 0 unspecified atom stereocenters. The van der Waals surface area contributed by atoms with E-state index in [1.165, 1.54) is 12.7 Å². The monoisotopic (exact) mass is 394 g/mol. The van der Waals surface area contributed by atoms with E-state index in [-0.39, 0.29) is 23.2 Å². The highest BCUT2D eigenvalue weighted by atomic mass is 16.5. The van der Waals surface area contributed by atoms with Crippen LogP contribution in [0, 0.1) is 6.92 Å². The third-order valence-corrected chi connectivity index (χ3v) is 6.11. The normalized spacial score (nSPS) is 16.6. The second kappa shape index (κ2) is 7.66. The standard InChI is InChI=1S/C25H30O4/c1-16-10-11-17(23(27)28-6)14-21(16)29-15-20(26)18-8-7-9-19-22(18)25(4,5)13-12-24(19,2)3/h7-11,14H,12-13,15H2,1-6H3. The summed E-state index contributed by atoms with van der Waals surface area (Å²) in [5.74, 6) is 0.0448. The van der Waals surface area contributed by atoms with Crippen LogP contribution in [0.3, 0.4) is 0 Å². The molecule has 0 aromatic heterocycles. The highest BCUT2D eigenvalue weighted by molar-refractivity contribution is 5.99. The summed E-state index contributed by atoms with van der Waals surface area (Å²) in [7, 11) is 1.34. The first-order chi connectivity index (χ1) is 13.6. The minimum Gasteiger partial charge on any atom is -0.485 e. The molecule has 0 heterocycles. The highest BCUT2D eigenvalue weighted by Gasteiger charge is 2.39. The number of esters is 1. The van der Waals surface area contributed by atoms with Crippen LogP contribution >= 0.6 is 0 Å². The van der Waals surface area contributed by atoms with E-state index in [1.807, 2.05) is 19.1 Å². The summed E-state index contributed by atoms with van der Waals surface area (Å²) < 4.78 is 10.6. The molecule has 0 saturated heterocycles. The number of benzene rings is 2. The highest BCUT2D eigenvalue weighted by Crippen LogP contribution is 2.47. The zero-order valence-corrected chi connectivity index (χ0v) is 18.2. The van der Waals surface area contributed by atoms with Crippen LogP contribution in [0.4, 0.5) is 0 Å². The summed E-state index contributed by atoms with van der Waals surface area (Å²) in [4.78, 5) is 24.9. The molecule has 154 valence electrons. The van der Waals surface area contributed by atoms with Gasteiger partial charge < -0.3 is 9.47 Å². The fourth-order valence-electron chi connectivity index (χ4n) is 4.18. The number of methoxy groups -OCH3 is 1. The van der Waals surface area contributed by atoms with Gasteiger partial charge in [0.1, 0.15) is 5.75 Å². The molecule has 4 nitrogen and oxygen atoms in total. The lowest BCUT2D eigenvalue weighted by atomic mass is 9.62. The molecule has 4 heteroatoms. The van der Waals surface area contributed by atoms with Crippen molar-refractivity contribution in [3.63, 3.8) is 0 Å². The van der Waals surface area contributed by atoms with Gasteiger partial charge in [-0.05, 0) is 59.4 Å². The molecular formula is C25H30O4. The Bertz CT molecular complexity index is 953. The molecule has 0 atom stereocenters. The number of Topliss-reactive ketones (excluding diaryl/α,β-unsaturated/α-hetero) is 1. The number of aryl methyl sites for hydroxylation is 1. The van der Waals surface area contributed by atoms with Crippen molar-refractivity contribution < 1.29 is 19.1 Å². The Kier molecular flexibility index (Phi) is 5.57. The molecule has 0 aliphatic heterocycles. The summed E-state index contributed by atoms with van der Waals surface area (Å²) in [5, 5.41) is 0. The molecule has 0 radical (unpaired) electrons. The van der Waals surface area contributed by atoms with Crippen molar-refractivity contribution in [2.45, 2.75) is 58.3 Å². The predicted octanol–water partition coefficient (Wildman–Crippen LogP) is 5.39. The molecule has 0 fully saturated rings. The number of fused-ring (bicyclic) bond motifs is 1. The zero-order valence-electron chi connectivity index (χ0n) is 18.2. The maximum Gasteiger partial charge on any atom is 0.337 e. The van der Waals surface area contributed by atoms with Crippen LogP contribution in [0.1, 0.15) is 77.9 Å². The first kappa shape index (κ1) is 21.1. The van der Waals surface area contributed by atoms with Crippen molar-refractivity contribution in [1.29, 1.82) is 0 Å². The lowest BCUT2D eigenvalue weighted by Gasteiger charge is -2.42. The average molecular weight is 395 g/mol. The topological polar surface area (TPSA) is 52.6 Å². The molecule has 0 N–H and O–H groups in total. The third-order valence-electron chi connectivity index (χ3n) is 6.11. The van der Waals surface area contributed by atoms with Gasteiger partial charge in [0, 0.05) is 5.56 Å². The third kappa shape index (κ3) is 4.07. The lowest BCUT2D eigenvalue weighted by molar-refractivity contribution is 0.0600. The minimum absolute atomic E-state index is 0.0458. The van der Waals surface area contributed by atoms with E-state index in [4.69, 9.17) is 9.47 Å². The molecule has 1 aliphatic rings. The first-order valence-corrected chi connectivity index (χ1v) is 10.1. The fraction of sp³-hybridized carbons (Fsp3) is 0.440.